The average molecular weight is 489 g/mol. The molecule has 1 aromatic heterocycles. The zero-order valence-corrected chi connectivity index (χ0v) is 21.4. The molecule has 1 atom stereocenters. The van der Waals surface area contributed by atoms with Crippen molar-refractivity contribution in [2.24, 2.45) is 0 Å². The number of pyridine rings is 1. The molecular weight excluding hydrogens is 452 g/mol. The Labute approximate surface area is 214 Å². The standard InChI is InChI=1S/C30H36N2O4/c1-30(2,3)36-29(34)12-11-24-14-26(16-25-10-7-13-31-19-25)17-27(15-24)18-28(20-32-22-33)35-21-23-8-5-4-6-9-23/h4-10,13-15,17,19,22,28H,11-12,16,18,20-21H2,1-3H3,(H,32,33). The van der Waals surface area contributed by atoms with Crippen LogP contribution in [0.1, 0.15) is 55.0 Å². The van der Waals surface area contributed by atoms with Crippen LogP contribution in [0.3, 0.4) is 0 Å². The lowest BCUT2D eigenvalue weighted by Crippen LogP contribution is -2.30. The van der Waals surface area contributed by atoms with Crippen LogP contribution in [0.25, 0.3) is 0 Å². The van der Waals surface area contributed by atoms with Gasteiger partial charge in [-0.15, -0.1) is 0 Å². The Bertz CT molecular complexity index is 1090. The van der Waals surface area contributed by atoms with Crippen LogP contribution in [0.15, 0.2) is 73.1 Å². The van der Waals surface area contributed by atoms with E-state index >= 15 is 0 Å². The van der Waals surface area contributed by atoms with E-state index in [-0.39, 0.29) is 12.1 Å². The first-order valence-corrected chi connectivity index (χ1v) is 12.4. The number of rotatable bonds is 13. The lowest BCUT2D eigenvalue weighted by molar-refractivity contribution is -0.154. The molecule has 6 nitrogen and oxygen atoms in total. The Balaban J connectivity index is 1.77. The summed E-state index contributed by atoms with van der Waals surface area (Å²) < 4.78 is 11.7. The Morgan fingerprint density at radius 2 is 1.69 bits per heavy atom. The van der Waals surface area contributed by atoms with Gasteiger partial charge < -0.3 is 14.8 Å². The summed E-state index contributed by atoms with van der Waals surface area (Å²) in [5.74, 6) is -0.207. The van der Waals surface area contributed by atoms with E-state index in [0.717, 1.165) is 34.2 Å². The lowest BCUT2D eigenvalue weighted by Gasteiger charge is -2.20. The average Bonchev–Trinajstić information content (AvgIpc) is 2.84. The van der Waals surface area contributed by atoms with Gasteiger partial charge in [0.25, 0.3) is 0 Å². The Kier molecular flexibility index (Phi) is 10.2. The van der Waals surface area contributed by atoms with Gasteiger partial charge in [0.15, 0.2) is 0 Å². The van der Waals surface area contributed by atoms with Gasteiger partial charge >= 0.3 is 5.97 Å². The smallest absolute Gasteiger partial charge is 0.306 e. The molecular formula is C30H36N2O4. The highest BCUT2D eigenvalue weighted by Gasteiger charge is 2.17. The van der Waals surface area contributed by atoms with Crippen LogP contribution in [0.2, 0.25) is 0 Å². The molecule has 0 saturated heterocycles. The molecule has 0 spiro atoms. The zero-order chi connectivity index (χ0) is 25.8. The van der Waals surface area contributed by atoms with Crippen LogP contribution in [-0.2, 0) is 44.9 Å². The molecule has 6 heteroatoms. The van der Waals surface area contributed by atoms with Gasteiger partial charge in [-0.3, -0.25) is 14.6 Å². The number of hydrogen-bond donors (Lipinski definition) is 1. The van der Waals surface area contributed by atoms with Crippen LogP contribution < -0.4 is 5.32 Å². The summed E-state index contributed by atoms with van der Waals surface area (Å²) in [7, 11) is 0. The number of carbonyl (C=O) groups excluding carboxylic acids is 2. The summed E-state index contributed by atoms with van der Waals surface area (Å²) >= 11 is 0. The molecule has 0 aliphatic carbocycles. The molecule has 1 amide bonds. The minimum atomic E-state index is -0.501. The fraction of sp³-hybridized carbons (Fsp3) is 0.367. The highest BCUT2D eigenvalue weighted by molar-refractivity contribution is 5.70. The molecule has 0 aliphatic rings. The van der Waals surface area contributed by atoms with Crippen molar-refractivity contribution in [3.63, 3.8) is 0 Å². The molecule has 0 radical (unpaired) electrons. The minimum Gasteiger partial charge on any atom is -0.460 e. The maximum atomic E-state index is 12.3. The predicted molar refractivity (Wildman–Crippen MR) is 140 cm³/mol. The minimum absolute atomic E-state index is 0.192. The number of hydrogen-bond acceptors (Lipinski definition) is 5. The molecule has 3 aromatic rings. The predicted octanol–water partition coefficient (Wildman–Crippen LogP) is 4.82. The van der Waals surface area contributed by atoms with E-state index in [1.54, 1.807) is 6.20 Å². The molecule has 1 N–H and O–H groups in total. The molecule has 0 bridgehead atoms. The number of nitrogens with one attached hydrogen (secondary N) is 1. The zero-order valence-electron chi connectivity index (χ0n) is 21.4. The summed E-state index contributed by atoms with van der Waals surface area (Å²) in [6.07, 6.45) is 6.41. The van der Waals surface area contributed by atoms with Gasteiger partial charge in [-0.1, -0.05) is 54.6 Å². The van der Waals surface area contributed by atoms with Crippen molar-refractivity contribution < 1.29 is 19.1 Å². The molecule has 36 heavy (non-hydrogen) atoms. The highest BCUT2D eigenvalue weighted by atomic mass is 16.6. The van der Waals surface area contributed by atoms with Crippen molar-refractivity contribution in [1.29, 1.82) is 0 Å². The molecule has 0 aliphatic heterocycles. The maximum Gasteiger partial charge on any atom is 0.306 e. The number of aryl methyl sites for hydroxylation is 1. The van der Waals surface area contributed by atoms with E-state index in [4.69, 9.17) is 9.47 Å². The van der Waals surface area contributed by atoms with Gasteiger partial charge in [-0.25, -0.2) is 0 Å². The van der Waals surface area contributed by atoms with E-state index in [9.17, 15) is 9.59 Å². The van der Waals surface area contributed by atoms with E-state index in [2.05, 4.69) is 34.6 Å². The van der Waals surface area contributed by atoms with Gasteiger partial charge in [-0.05, 0) is 67.5 Å². The molecule has 190 valence electrons. The van der Waals surface area contributed by atoms with Crippen LogP contribution in [0.4, 0.5) is 0 Å². The molecule has 1 unspecified atom stereocenters. The second-order valence-electron chi connectivity index (χ2n) is 9.93. The first-order chi connectivity index (χ1) is 17.3. The van der Waals surface area contributed by atoms with Crippen molar-refractivity contribution in [2.75, 3.05) is 6.54 Å². The summed E-state index contributed by atoms with van der Waals surface area (Å²) in [5, 5.41) is 2.76. The fourth-order valence-corrected chi connectivity index (χ4v) is 4.00. The summed E-state index contributed by atoms with van der Waals surface area (Å²) in [6.45, 7) is 6.50. The number of amides is 1. The molecule has 0 saturated carbocycles. The summed E-state index contributed by atoms with van der Waals surface area (Å²) in [5.41, 5.74) is 5.01. The number of aromatic nitrogens is 1. The van der Waals surface area contributed by atoms with E-state index in [1.165, 1.54) is 0 Å². The SMILES string of the molecule is CC(C)(C)OC(=O)CCc1cc(Cc2cccnc2)cc(CC(CNC=O)OCc2ccccc2)c1. The van der Waals surface area contributed by atoms with Crippen LogP contribution in [-0.4, -0.2) is 35.6 Å². The Hall–Kier alpha value is -3.51. The van der Waals surface area contributed by atoms with Gasteiger partial charge in [0.1, 0.15) is 5.60 Å². The Morgan fingerprint density at radius 1 is 0.972 bits per heavy atom. The number of ether oxygens (including phenoxy) is 2. The summed E-state index contributed by atoms with van der Waals surface area (Å²) in [4.78, 5) is 27.5. The van der Waals surface area contributed by atoms with Crippen LogP contribution in [0, 0.1) is 0 Å². The normalized spacial score (nSPS) is 12.1. The lowest BCUT2D eigenvalue weighted by atomic mass is 9.96. The highest BCUT2D eigenvalue weighted by Crippen LogP contribution is 2.19. The second kappa shape index (κ2) is 13.5. The van der Waals surface area contributed by atoms with Gasteiger partial charge in [0.2, 0.25) is 6.41 Å². The quantitative estimate of drug-likeness (QED) is 0.276. The third kappa shape index (κ3) is 10.0. The molecule has 0 fully saturated rings. The largest absolute Gasteiger partial charge is 0.460 e. The molecule has 3 rings (SSSR count). The van der Waals surface area contributed by atoms with Crippen molar-refractivity contribution >= 4 is 12.4 Å². The Morgan fingerprint density at radius 3 is 2.39 bits per heavy atom. The number of esters is 1. The van der Waals surface area contributed by atoms with E-state index in [1.807, 2.05) is 63.4 Å². The van der Waals surface area contributed by atoms with Crippen molar-refractivity contribution in [3.05, 3.63) is 101 Å². The fourth-order valence-electron chi connectivity index (χ4n) is 4.00. The third-order valence-electron chi connectivity index (χ3n) is 5.50. The number of carbonyl (C=O) groups is 2. The number of benzene rings is 2. The van der Waals surface area contributed by atoms with E-state index < -0.39 is 5.60 Å². The number of nitrogens with zero attached hydrogens (tertiary/aromatic N) is 1. The van der Waals surface area contributed by atoms with Gasteiger partial charge in [-0.2, -0.15) is 0 Å². The summed E-state index contributed by atoms with van der Waals surface area (Å²) in [6, 6.07) is 20.4. The van der Waals surface area contributed by atoms with Crippen molar-refractivity contribution in [2.45, 2.75) is 64.8 Å². The first-order valence-electron chi connectivity index (χ1n) is 12.4. The molecule has 1 heterocycles. The van der Waals surface area contributed by atoms with Gasteiger partial charge in [0, 0.05) is 31.8 Å². The van der Waals surface area contributed by atoms with Gasteiger partial charge in [0.05, 0.1) is 12.7 Å². The third-order valence-corrected chi connectivity index (χ3v) is 5.50. The van der Waals surface area contributed by atoms with Crippen molar-refractivity contribution in [1.82, 2.24) is 10.3 Å². The first kappa shape index (κ1) is 27.1. The topological polar surface area (TPSA) is 77.5 Å². The second-order valence-corrected chi connectivity index (χ2v) is 9.93. The van der Waals surface area contributed by atoms with E-state index in [0.29, 0.717) is 38.8 Å². The van der Waals surface area contributed by atoms with Crippen LogP contribution in [0.5, 0.6) is 0 Å². The van der Waals surface area contributed by atoms with Crippen molar-refractivity contribution in [3.8, 4) is 0 Å². The van der Waals surface area contributed by atoms with Crippen LogP contribution >= 0.6 is 0 Å². The maximum absolute atomic E-state index is 12.3. The monoisotopic (exact) mass is 488 g/mol. The molecule has 2 aromatic carbocycles.